The fourth-order valence-corrected chi connectivity index (χ4v) is 1.58. The molecule has 0 N–H and O–H groups in total. The fourth-order valence-electron chi connectivity index (χ4n) is 1.58. The molecular weight excluding hydrogens is 216 g/mol. The molecule has 3 heteroatoms. The van der Waals surface area contributed by atoms with Gasteiger partial charge in [0.1, 0.15) is 5.75 Å². The van der Waals surface area contributed by atoms with Crippen molar-refractivity contribution >= 4 is 5.78 Å². The van der Waals surface area contributed by atoms with Gasteiger partial charge in [-0.1, -0.05) is 0 Å². The Morgan fingerprint density at radius 1 is 1.24 bits per heavy atom. The highest BCUT2D eigenvalue weighted by Crippen LogP contribution is 2.14. The Bertz CT molecular complexity index is 469. The number of hydrogen-bond acceptors (Lipinski definition) is 3. The van der Waals surface area contributed by atoms with Crippen LogP contribution in [0.1, 0.15) is 22.8 Å². The van der Waals surface area contributed by atoms with Gasteiger partial charge in [-0.15, -0.1) is 0 Å². The largest absolute Gasteiger partial charge is 0.494 e. The lowest BCUT2D eigenvalue weighted by atomic mass is 10.1. The summed E-state index contributed by atoms with van der Waals surface area (Å²) in [5.74, 6) is 0.863. The van der Waals surface area contributed by atoms with Crippen LogP contribution in [0.2, 0.25) is 0 Å². The Hall–Kier alpha value is -2.03. The van der Waals surface area contributed by atoms with E-state index in [-0.39, 0.29) is 5.78 Å². The Morgan fingerprint density at radius 2 is 2.00 bits per heavy atom. The summed E-state index contributed by atoms with van der Waals surface area (Å²) >= 11 is 0. The monoisotopic (exact) mass is 230 g/mol. The summed E-state index contributed by atoms with van der Waals surface area (Å²) < 4.78 is 10.3. The van der Waals surface area contributed by atoms with Crippen LogP contribution in [0, 0.1) is 0 Å². The van der Waals surface area contributed by atoms with Gasteiger partial charge >= 0.3 is 0 Å². The van der Waals surface area contributed by atoms with Crippen LogP contribution < -0.4 is 4.74 Å². The van der Waals surface area contributed by atoms with Gasteiger partial charge in [0.05, 0.1) is 19.1 Å². The lowest BCUT2D eigenvalue weighted by Crippen LogP contribution is -2.02. The fraction of sp³-hybridized carbons (Fsp3) is 0.214. The van der Waals surface area contributed by atoms with Gasteiger partial charge in [-0.3, -0.25) is 4.79 Å². The maximum Gasteiger partial charge on any atom is 0.167 e. The van der Waals surface area contributed by atoms with E-state index in [1.54, 1.807) is 30.7 Å². The van der Waals surface area contributed by atoms with E-state index >= 15 is 0 Å². The van der Waals surface area contributed by atoms with Crippen molar-refractivity contribution in [3.63, 3.8) is 0 Å². The second kappa shape index (κ2) is 5.34. The van der Waals surface area contributed by atoms with Crippen LogP contribution in [-0.2, 0) is 6.42 Å². The van der Waals surface area contributed by atoms with Crippen molar-refractivity contribution in [2.24, 2.45) is 0 Å². The van der Waals surface area contributed by atoms with Crippen LogP contribution in [0.3, 0.4) is 0 Å². The molecule has 0 bridgehead atoms. The third-order valence-corrected chi connectivity index (χ3v) is 2.43. The molecule has 3 nitrogen and oxygen atoms in total. The molecule has 1 aromatic carbocycles. The van der Waals surface area contributed by atoms with E-state index in [0.717, 1.165) is 11.3 Å². The molecule has 2 aromatic rings. The van der Waals surface area contributed by atoms with Gasteiger partial charge in [-0.25, -0.2) is 0 Å². The predicted octanol–water partition coefficient (Wildman–Crippen LogP) is 3.10. The van der Waals surface area contributed by atoms with E-state index in [1.807, 2.05) is 19.1 Å². The first kappa shape index (κ1) is 11.5. The van der Waals surface area contributed by atoms with Crippen molar-refractivity contribution in [3.8, 4) is 5.75 Å². The van der Waals surface area contributed by atoms with E-state index in [0.29, 0.717) is 18.6 Å². The molecule has 0 saturated carbocycles. The van der Waals surface area contributed by atoms with E-state index < -0.39 is 0 Å². The van der Waals surface area contributed by atoms with E-state index in [9.17, 15) is 4.79 Å². The lowest BCUT2D eigenvalue weighted by Gasteiger charge is -2.03. The molecule has 0 radical (unpaired) electrons. The van der Waals surface area contributed by atoms with E-state index in [4.69, 9.17) is 9.15 Å². The summed E-state index contributed by atoms with van der Waals surface area (Å²) in [6.45, 7) is 2.56. The molecule has 0 fully saturated rings. The Morgan fingerprint density at radius 3 is 2.59 bits per heavy atom. The summed E-state index contributed by atoms with van der Waals surface area (Å²) in [6.07, 6.45) is 3.53. The predicted molar refractivity (Wildman–Crippen MR) is 64.4 cm³/mol. The Balaban J connectivity index is 2.04. The Labute approximate surface area is 100 Å². The van der Waals surface area contributed by atoms with Gasteiger partial charge in [-0.05, 0) is 42.8 Å². The van der Waals surface area contributed by atoms with Crippen molar-refractivity contribution < 1.29 is 13.9 Å². The van der Waals surface area contributed by atoms with Crippen LogP contribution in [0.25, 0.3) is 0 Å². The molecule has 0 aliphatic heterocycles. The molecule has 0 unspecified atom stereocenters. The topological polar surface area (TPSA) is 39.4 Å². The number of ketones is 1. The molecule has 88 valence electrons. The maximum atomic E-state index is 11.9. The zero-order valence-corrected chi connectivity index (χ0v) is 9.68. The van der Waals surface area contributed by atoms with Crippen molar-refractivity contribution in [1.29, 1.82) is 0 Å². The number of ether oxygens (including phenoxy) is 1. The highest BCUT2D eigenvalue weighted by molar-refractivity contribution is 5.97. The van der Waals surface area contributed by atoms with Crippen molar-refractivity contribution in [2.45, 2.75) is 13.3 Å². The number of furan rings is 1. The number of benzene rings is 1. The number of carbonyl (C=O) groups excluding carboxylic acids is 1. The molecule has 0 aliphatic rings. The zero-order valence-electron chi connectivity index (χ0n) is 9.68. The minimum absolute atomic E-state index is 0.0782. The molecule has 2 rings (SSSR count). The van der Waals surface area contributed by atoms with Gasteiger partial charge in [0.2, 0.25) is 0 Å². The smallest absolute Gasteiger partial charge is 0.167 e. The summed E-state index contributed by atoms with van der Waals surface area (Å²) in [6, 6.07) is 8.99. The maximum absolute atomic E-state index is 11.9. The molecule has 0 aliphatic carbocycles. The number of Topliss-reactive ketones (excluding diaryl/α,β-unsaturated/α-hetero) is 1. The summed E-state index contributed by atoms with van der Waals surface area (Å²) in [7, 11) is 0. The molecule has 17 heavy (non-hydrogen) atoms. The third kappa shape index (κ3) is 2.97. The second-order valence-corrected chi connectivity index (χ2v) is 3.69. The number of carbonyl (C=O) groups is 1. The molecule has 1 heterocycles. The SMILES string of the molecule is CCOc1ccc(C(=O)Cc2ccoc2)cc1. The molecular formula is C14H14O3. The lowest BCUT2D eigenvalue weighted by molar-refractivity contribution is 0.0992. The second-order valence-electron chi connectivity index (χ2n) is 3.69. The molecule has 0 saturated heterocycles. The van der Waals surface area contributed by atoms with Crippen molar-refractivity contribution in [3.05, 3.63) is 54.0 Å². The third-order valence-electron chi connectivity index (χ3n) is 2.43. The molecule has 0 spiro atoms. The quantitative estimate of drug-likeness (QED) is 0.741. The minimum atomic E-state index is 0.0782. The van der Waals surface area contributed by atoms with Crippen LogP contribution in [0.4, 0.5) is 0 Å². The van der Waals surface area contributed by atoms with Gasteiger partial charge in [-0.2, -0.15) is 0 Å². The number of hydrogen-bond donors (Lipinski definition) is 0. The average molecular weight is 230 g/mol. The Kier molecular flexibility index (Phi) is 3.60. The standard InChI is InChI=1S/C14H14O3/c1-2-17-13-5-3-12(4-6-13)14(15)9-11-7-8-16-10-11/h3-8,10H,2,9H2,1H3. The van der Waals surface area contributed by atoms with E-state index in [1.165, 1.54) is 0 Å². The van der Waals surface area contributed by atoms with Crippen LogP contribution in [0.15, 0.2) is 47.3 Å². The highest BCUT2D eigenvalue weighted by Gasteiger charge is 2.07. The van der Waals surface area contributed by atoms with Gasteiger partial charge < -0.3 is 9.15 Å². The minimum Gasteiger partial charge on any atom is -0.494 e. The zero-order chi connectivity index (χ0) is 12.1. The van der Waals surface area contributed by atoms with E-state index in [2.05, 4.69) is 0 Å². The number of rotatable bonds is 5. The van der Waals surface area contributed by atoms with Crippen LogP contribution >= 0.6 is 0 Å². The summed E-state index contributed by atoms with van der Waals surface area (Å²) in [4.78, 5) is 11.9. The first-order chi connectivity index (χ1) is 8.29. The molecule has 1 aromatic heterocycles. The van der Waals surface area contributed by atoms with Gasteiger partial charge in [0.15, 0.2) is 5.78 Å². The molecule has 0 atom stereocenters. The highest BCUT2D eigenvalue weighted by atomic mass is 16.5. The van der Waals surface area contributed by atoms with Crippen LogP contribution in [-0.4, -0.2) is 12.4 Å². The van der Waals surface area contributed by atoms with Gasteiger partial charge in [0, 0.05) is 12.0 Å². The first-order valence-electron chi connectivity index (χ1n) is 5.56. The van der Waals surface area contributed by atoms with Crippen LogP contribution in [0.5, 0.6) is 5.75 Å². The first-order valence-corrected chi connectivity index (χ1v) is 5.56. The summed E-state index contributed by atoms with van der Waals surface area (Å²) in [5, 5.41) is 0. The molecule has 0 amide bonds. The van der Waals surface area contributed by atoms with Crippen molar-refractivity contribution in [1.82, 2.24) is 0 Å². The average Bonchev–Trinajstić information content (AvgIpc) is 2.83. The summed E-state index contributed by atoms with van der Waals surface area (Å²) in [5.41, 5.74) is 1.58. The normalized spacial score (nSPS) is 10.2. The van der Waals surface area contributed by atoms with Gasteiger partial charge in [0.25, 0.3) is 0 Å². The van der Waals surface area contributed by atoms with Crippen molar-refractivity contribution in [2.75, 3.05) is 6.61 Å².